The maximum absolute atomic E-state index is 12.7. The number of ketones is 1. The van der Waals surface area contributed by atoms with Gasteiger partial charge in [-0.2, -0.15) is 14.0 Å². The van der Waals surface area contributed by atoms with Gasteiger partial charge in [-0.15, -0.1) is 11.3 Å². The lowest BCUT2D eigenvalue weighted by atomic mass is 10.00. The summed E-state index contributed by atoms with van der Waals surface area (Å²) in [5.41, 5.74) is 0.137. The van der Waals surface area contributed by atoms with E-state index in [1.54, 1.807) is 35.7 Å². The molecule has 0 saturated carbocycles. The molecule has 0 amide bonds. The van der Waals surface area contributed by atoms with Gasteiger partial charge in [0, 0.05) is 5.56 Å². The minimum atomic E-state index is -3.01. The summed E-state index contributed by atoms with van der Waals surface area (Å²) in [6, 6.07) is 15.3. The summed E-state index contributed by atoms with van der Waals surface area (Å²) in [5.74, 6) is -0.533. The lowest BCUT2D eigenvalue weighted by molar-refractivity contribution is -0.0498. The van der Waals surface area contributed by atoms with Gasteiger partial charge in [0.05, 0.1) is 4.88 Å². The number of carbonyl (C=O) groups excluding carboxylic acids is 1. The molecule has 1 heterocycles. The summed E-state index contributed by atoms with van der Waals surface area (Å²) in [5, 5.41) is 12.5. The average molecular weight is 355 g/mol. The highest BCUT2D eigenvalue weighted by Crippen LogP contribution is 2.32. The molecule has 25 heavy (non-hydrogen) atoms. The third-order valence-electron chi connectivity index (χ3n) is 3.55. The van der Waals surface area contributed by atoms with Gasteiger partial charge in [0.15, 0.2) is 0 Å². The normalized spacial score (nSPS) is 11.5. The van der Waals surface area contributed by atoms with Gasteiger partial charge in [-0.3, -0.25) is 4.79 Å². The lowest BCUT2D eigenvalue weighted by Gasteiger charge is -2.11. The minimum absolute atomic E-state index is 0.0829. The molecular formula is C19H11F2NO2S. The Morgan fingerprint density at radius 1 is 1.16 bits per heavy atom. The van der Waals surface area contributed by atoms with Crippen molar-refractivity contribution in [3.05, 3.63) is 69.9 Å². The van der Waals surface area contributed by atoms with E-state index in [1.807, 2.05) is 18.2 Å². The number of benzene rings is 2. The molecule has 3 rings (SSSR count). The summed E-state index contributed by atoms with van der Waals surface area (Å²) in [4.78, 5) is 12.8. The minimum Gasteiger partial charge on any atom is -0.434 e. The van der Waals surface area contributed by atoms with Crippen LogP contribution in [0.4, 0.5) is 8.78 Å². The molecule has 2 aromatic carbocycles. The third-order valence-corrected chi connectivity index (χ3v) is 4.41. The summed E-state index contributed by atoms with van der Waals surface area (Å²) >= 11 is 1.21. The van der Waals surface area contributed by atoms with Crippen LogP contribution in [-0.4, -0.2) is 12.4 Å². The topological polar surface area (TPSA) is 50.1 Å². The number of allylic oxidation sites excluding steroid dienone is 1. The number of halogens is 2. The Kier molecular flexibility index (Phi) is 4.87. The van der Waals surface area contributed by atoms with Gasteiger partial charge >= 0.3 is 6.61 Å². The van der Waals surface area contributed by atoms with Crippen molar-refractivity contribution in [3.8, 4) is 11.8 Å². The van der Waals surface area contributed by atoms with E-state index >= 15 is 0 Å². The zero-order valence-corrected chi connectivity index (χ0v) is 13.6. The van der Waals surface area contributed by atoms with Crippen LogP contribution in [0, 0.1) is 11.3 Å². The first kappa shape index (κ1) is 16.8. The van der Waals surface area contributed by atoms with Gasteiger partial charge in [-0.25, -0.2) is 0 Å². The number of hydrogen-bond acceptors (Lipinski definition) is 4. The molecule has 0 fully saturated rings. The zero-order valence-electron chi connectivity index (χ0n) is 12.8. The molecule has 3 aromatic rings. The monoisotopic (exact) mass is 355 g/mol. The molecule has 0 bridgehead atoms. The van der Waals surface area contributed by atoms with Gasteiger partial charge < -0.3 is 4.74 Å². The Balaban J connectivity index is 2.18. The van der Waals surface area contributed by atoms with Crippen LogP contribution in [0.15, 0.2) is 59.5 Å². The quantitative estimate of drug-likeness (QED) is 0.355. The number of nitrogens with zero attached hydrogens (tertiary/aromatic N) is 1. The highest BCUT2D eigenvalue weighted by atomic mass is 32.1. The van der Waals surface area contributed by atoms with Crippen molar-refractivity contribution in [3.63, 3.8) is 0 Å². The molecular weight excluding hydrogens is 344 g/mol. The van der Waals surface area contributed by atoms with Crippen LogP contribution in [0.1, 0.15) is 15.2 Å². The second-order valence-electron chi connectivity index (χ2n) is 5.05. The van der Waals surface area contributed by atoms with Crippen LogP contribution >= 0.6 is 11.3 Å². The van der Waals surface area contributed by atoms with Crippen molar-refractivity contribution < 1.29 is 18.3 Å². The van der Waals surface area contributed by atoms with E-state index in [4.69, 9.17) is 0 Å². The Morgan fingerprint density at radius 2 is 1.96 bits per heavy atom. The fraction of sp³-hybridized carbons (Fsp3) is 0.0526. The second kappa shape index (κ2) is 7.24. The van der Waals surface area contributed by atoms with Crippen LogP contribution < -0.4 is 4.74 Å². The molecule has 0 aliphatic rings. The van der Waals surface area contributed by atoms with Gasteiger partial charge in [0.2, 0.25) is 5.78 Å². The van der Waals surface area contributed by atoms with Gasteiger partial charge in [0.1, 0.15) is 17.4 Å². The first-order chi connectivity index (χ1) is 12.1. The molecule has 0 saturated heterocycles. The average Bonchev–Trinajstić information content (AvgIpc) is 3.14. The van der Waals surface area contributed by atoms with E-state index in [0.717, 1.165) is 5.39 Å². The van der Waals surface area contributed by atoms with Crippen molar-refractivity contribution in [1.29, 1.82) is 5.26 Å². The SMILES string of the molecule is N#C/C(=C\c1c(OC(F)F)ccc2ccccc12)C(=O)c1cccs1. The zero-order chi connectivity index (χ0) is 17.8. The van der Waals surface area contributed by atoms with Crippen molar-refractivity contribution in [2.24, 2.45) is 0 Å². The van der Waals surface area contributed by atoms with E-state index in [-0.39, 0.29) is 16.9 Å². The summed E-state index contributed by atoms with van der Waals surface area (Å²) < 4.78 is 30.0. The number of rotatable bonds is 5. The summed E-state index contributed by atoms with van der Waals surface area (Å²) in [6.07, 6.45) is 1.31. The molecule has 3 nitrogen and oxygen atoms in total. The number of fused-ring (bicyclic) bond motifs is 1. The van der Waals surface area contributed by atoms with Gasteiger partial charge in [0.25, 0.3) is 0 Å². The van der Waals surface area contributed by atoms with Crippen molar-refractivity contribution >= 4 is 34.0 Å². The molecule has 0 spiro atoms. The van der Waals surface area contributed by atoms with Crippen LogP contribution in [0.25, 0.3) is 16.8 Å². The van der Waals surface area contributed by atoms with E-state index in [1.165, 1.54) is 23.5 Å². The van der Waals surface area contributed by atoms with Gasteiger partial charge in [-0.05, 0) is 34.4 Å². The molecule has 0 radical (unpaired) electrons. The molecule has 0 atom stereocenters. The maximum Gasteiger partial charge on any atom is 0.387 e. The highest BCUT2D eigenvalue weighted by Gasteiger charge is 2.17. The predicted octanol–water partition coefficient (Wildman–Crippen LogP) is 5.29. The molecule has 124 valence electrons. The Hall–Kier alpha value is -3.04. The van der Waals surface area contributed by atoms with E-state index in [0.29, 0.717) is 10.3 Å². The van der Waals surface area contributed by atoms with Crippen LogP contribution in [0.2, 0.25) is 0 Å². The van der Waals surface area contributed by atoms with Crippen LogP contribution in [0.3, 0.4) is 0 Å². The standard InChI is InChI=1S/C19H11F2NO2S/c20-19(21)24-16-8-7-12-4-1-2-5-14(12)15(16)10-13(11-22)18(23)17-6-3-9-25-17/h1-10,19H/b13-10+. The van der Waals surface area contributed by atoms with E-state index in [2.05, 4.69) is 4.74 Å². The fourth-order valence-corrected chi connectivity index (χ4v) is 3.13. The Bertz CT molecular complexity index is 988. The number of carbonyl (C=O) groups is 1. The molecule has 0 aliphatic carbocycles. The lowest BCUT2D eigenvalue weighted by Crippen LogP contribution is -2.04. The fourth-order valence-electron chi connectivity index (χ4n) is 2.46. The van der Waals surface area contributed by atoms with Crippen LogP contribution in [-0.2, 0) is 0 Å². The summed E-state index contributed by atoms with van der Waals surface area (Å²) in [7, 11) is 0. The number of Topliss-reactive ketones (excluding diaryl/α,β-unsaturated/α-hetero) is 1. The van der Waals surface area contributed by atoms with Crippen molar-refractivity contribution in [2.45, 2.75) is 6.61 Å². The van der Waals surface area contributed by atoms with Crippen LogP contribution in [0.5, 0.6) is 5.75 Å². The number of thiophene rings is 1. The number of nitriles is 1. The van der Waals surface area contributed by atoms with Crippen molar-refractivity contribution in [1.82, 2.24) is 0 Å². The predicted molar refractivity (Wildman–Crippen MR) is 92.8 cm³/mol. The molecule has 6 heteroatoms. The highest BCUT2D eigenvalue weighted by molar-refractivity contribution is 7.12. The summed E-state index contributed by atoms with van der Waals surface area (Å²) in [6.45, 7) is -3.01. The Morgan fingerprint density at radius 3 is 2.64 bits per heavy atom. The Labute approximate surface area is 146 Å². The van der Waals surface area contributed by atoms with Crippen molar-refractivity contribution in [2.75, 3.05) is 0 Å². The number of ether oxygens (including phenoxy) is 1. The maximum atomic E-state index is 12.7. The molecule has 0 aliphatic heterocycles. The molecule has 0 unspecified atom stereocenters. The van der Waals surface area contributed by atoms with E-state index < -0.39 is 12.4 Å². The largest absolute Gasteiger partial charge is 0.434 e. The second-order valence-corrected chi connectivity index (χ2v) is 6.00. The number of hydrogen-bond donors (Lipinski definition) is 0. The first-order valence-corrected chi connectivity index (χ1v) is 8.14. The third kappa shape index (κ3) is 3.57. The number of alkyl halides is 2. The van der Waals surface area contributed by atoms with E-state index in [9.17, 15) is 18.8 Å². The first-order valence-electron chi connectivity index (χ1n) is 7.26. The van der Waals surface area contributed by atoms with Gasteiger partial charge in [-0.1, -0.05) is 36.4 Å². The molecule has 1 aromatic heterocycles. The smallest absolute Gasteiger partial charge is 0.387 e. The molecule has 0 N–H and O–H groups in total.